The van der Waals surface area contributed by atoms with E-state index in [0.29, 0.717) is 17.9 Å². The molecule has 0 bridgehead atoms. The number of nitrogens with one attached hydrogen (secondary N) is 1. The summed E-state index contributed by atoms with van der Waals surface area (Å²) in [5, 5.41) is 3.83. The second-order valence-electron chi connectivity index (χ2n) is 4.01. The van der Waals surface area contributed by atoms with Gasteiger partial charge < -0.3 is 10.5 Å². The maximum Gasteiger partial charge on any atom is 0.184 e. The lowest BCUT2D eigenvalue weighted by atomic mass is 10.2. The van der Waals surface area contributed by atoms with Gasteiger partial charge >= 0.3 is 0 Å². The van der Waals surface area contributed by atoms with Gasteiger partial charge in [0.15, 0.2) is 5.11 Å². The lowest BCUT2D eigenvalue weighted by Crippen LogP contribution is -2.23. The second kappa shape index (κ2) is 8.42. The van der Waals surface area contributed by atoms with Crippen molar-refractivity contribution in [3.8, 4) is 5.75 Å². The van der Waals surface area contributed by atoms with Gasteiger partial charge in [-0.05, 0) is 30.8 Å². The molecule has 0 atom stereocenters. The van der Waals surface area contributed by atoms with Crippen molar-refractivity contribution in [3.63, 3.8) is 0 Å². The number of halogens is 1. The van der Waals surface area contributed by atoms with Crippen LogP contribution >= 0.6 is 12.2 Å². The molecule has 4 nitrogen and oxygen atoms in total. The van der Waals surface area contributed by atoms with Crippen molar-refractivity contribution < 1.29 is 9.13 Å². The van der Waals surface area contributed by atoms with Crippen LogP contribution < -0.4 is 15.9 Å². The van der Waals surface area contributed by atoms with Crippen molar-refractivity contribution in [3.05, 3.63) is 29.6 Å². The monoisotopic (exact) mass is 283 g/mol. The number of nitrogens with two attached hydrogens (primary N) is 1. The Kier molecular flexibility index (Phi) is 6.81. The molecule has 0 heterocycles. The average Bonchev–Trinajstić information content (AvgIpc) is 2.34. The predicted octanol–water partition coefficient (Wildman–Crippen LogP) is 2.56. The van der Waals surface area contributed by atoms with Gasteiger partial charge in [-0.2, -0.15) is 5.10 Å². The first-order chi connectivity index (χ1) is 9.11. The molecule has 0 unspecified atom stereocenters. The zero-order valence-electron chi connectivity index (χ0n) is 10.9. The maximum absolute atomic E-state index is 13.4. The Morgan fingerprint density at radius 2 is 2.26 bits per heavy atom. The highest BCUT2D eigenvalue weighted by Gasteiger charge is 2.00. The molecule has 0 radical (unpaired) electrons. The van der Waals surface area contributed by atoms with Crippen molar-refractivity contribution in [2.24, 2.45) is 10.8 Å². The number of nitrogens with zero attached hydrogens (tertiary/aromatic N) is 1. The summed E-state index contributed by atoms with van der Waals surface area (Å²) in [5.41, 5.74) is 8.20. The van der Waals surface area contributed by atoms with E-state index in [1.54, 1.807) is 6.07 Å². The number of benzene rings is 1. The number of hydrazone groups is 1. The first-order valence-electron chi connectivity index (χ1n) is 6.13. The molecule has 1 rings (SSSR count). The van der Waals surface area contributed by atoms with Crippen LogP contribution in [0.1, 0.15) is 31.7 Å². The molecule has 0 fully saturated rings. The predicted molar refractivity (Wildman–Crippen MR) is 78.9 cm³/mol. The molecule has 0 aliphatic heterocycles. The molecule has 0 amide bonds. The third kappa shape index (κ3) is 6.71. The molecule has 19 heavy (non-hydrogen) atoms. The Morgan fingerprint density at radius 1 is 1.47 bits per heavy atom. The number of thiocarbonyl (C=S) groups is 1. The van der Waals surface area contributed by atoms with E-state index in [1.165, 1.54) is 18.3 Å². The Bertz CT molecular complexity index is 452. The first kappa shape index (κ1) is 15.4. The van der Waals surface area contributed by atoms with Crippen molar-refractivity contribution in [2.75, 3.05) is 6.61 Å². The highest BCUT2D eigenvalue weighted by Crippen LogP contribution is 2.16. The van der Waals surface area contributed by atoms with E-state index in [0.717, 1.165) is 19.3 Å². The quantitative estimate of drug-likeness (QED) is 0.349. The molecule has 1 aromatic carbocycles. The first-order valence-corrected chi connectivity index (χ1v) is 6.54. The molecule has 0 aromatic heterocycles. The molecule has 1 aromatic rings. The van der Waals surface area contributed by atoms with Crippen molar-refractivity contribution in [2.45, 2.75) is 26.2 Å². The van der Waals surface area contributed by atoms with Gasteiger partial charge in [-0.1, -0.05) is 19.8 Å². The second-order valence-corrected chi connectivity index (χ2v) is 4.45. The third-order valence-electron chi connectivity index (χ3n) is 2.30. The number of hydrogen-bond donors (Lipinski definition) is 2. The van der Waals surface area contributed by atoms with Gasteiger partial charge in [0.05, 0.1) is 12.8 Å². The molecule has 6 heteroatoms. The van der Waals surface area contributed by atoms with Crippen molar-refractivity contribution in [1.82, 2.24) is 5.43 Å². The summed E-state index contributed by atoms with van der Waals surface area (Å²) in [6, 6.07) is 4.41. The number of hydrogen-bond acceptors (Lipinski definition) is 3. The van der Waals surface area contributed by atoms with E-state index in [2.05, 4.69) is 29.7 Å². The van der Waals surface area contributed by atoms with Gasteiger partial charge in [-0.3, -0.25) is 5.43 Å². The number of unbranched alkanes of at least 4 members (excludes halogenated alkanes) is 2. The van der Waals surface area contributed by atoms with Crippen LogP contribution in [0.15, 0.2) is 23.3 Å². The van der Waals surface area contributed by atoms with Gasteiger partial charge in [0.25, 0.3) is 0 Å². The fourth-order valence-corrected chi connectivity index (χ4v) is 1.51. The van der Waals surface area contributed by atoms with E-state index in [4.69, 9.17) is 10.5 Å². The Labute approximate surface area is 117 Å². The third-order valence-corrected chi connectivity index (χ3v) is 2.39. The van der Waals surface area contributed by atoms with Crippen LogP contribution in [0, 0.1) is 5.82 Å². The van der Waals surface area contributed by atoms with E-state index in [1.807, 2.05) is 0 Å². The minimum absolute atomic E-state index is 0.0590. The van der Waals surface area contributed by atoms with Gasteiger partial charge in [0.2, 0.25) is 0 Å². The van der Waals surface area contributed by atoms with Gasteiger partial charge in [-0.25, -0.2) is 4.39 Å². The molecule has 0 saturated heterocycles. The van der Waals surface area contributed by atoms with E-state index < -0.39 is 0 Å². The summed E-state index contributed by atoms with van der Waals surface area (Å²) in [4.78, 5) is 0. The van der Waals surface area contributed by atoms with Crippen LogP contribution in [-0.2, 0) is 0 Å². The van der Waals surface area contributed by atoms with Crippen LogP contribution in [0.5, 0.6) is 5.75 Å². The number of ether oxygens (including phenoxy) is 1. The molecular weight excluding hydrogens is 265 g/mol. The SMILES string of the molecule is CCCCCOc1cc(F)cc(C=NNC(N)=S)c1. The van der Waals surface area contributed by atoms with Crippen LogP contribution in [-0.4, -0.2) is 17.9 Å². The van der Waals surface area contributed by atoms with Crippen LogP contribution in [0.25, 0.3) is 0 Å². The Morgan fingerprint density at radius 3 is 2.95 bits per heavy atom. The summed E-state index contributed by atoms with van der Waals surface area (Å²) in [5.74, 6) is 0.123. The van der Waals surface area contributed by atoms with E-state index in [-0.39, 0.29) is 10.9 Å². The van der Waals surface area contributed by atoms with Crippen LogP contribution in [0.2, 0.25) is 0 Å². The normalized spacial score (nSPS) is 10.6. The summed E-state index contributed by atoms with van der Waals surface area (Å²) in [6.45, 7) is 2.70. The van der Waals surface area contributed by atoms with Gasteiger partial charge in [-0.15, -0.1) is 0 Å². The zero-order chi connectivity index (χ0) is 14.1. The summed E-state index contributed by atoms with van der Waals surface area (Å²) in [6.07, 6.45) is 4.61. The standard InChI is InChI=1S/C13H18FN3OS/c1-2-3-4-5-18-12-7-10(6-11(14)8-12)9-16-17-13(15)19/h6-9H,2-5H2,1H3,(H3,15,17,19). The largest absolute Gasteiger partial charge is 0.493 e. The molecule has 0 spiro atoms. The smallest absolute Gasteiger partial charge is 0.184 e. The molecule has 0 aliphatic rings. The topological polar surface area (TPSA) is 59.6 Å². The number of rotatable bonds is 7. The minimum atomic E-state index is -0.371. The molecule has 3 N–H and O–H groups in total. The Balaban J connectivity index is 2.60. The van der Waals surface area contributed by atoms with Gasteiger partial charge in [0.1, 0.15) is 11.6 Å². The lowest BCUT2D eigenvalue weighted by molar-refractivity contribution is 0.305. The van der Waals surface area contributed by atoms with E-state index in [9.17, 15) is 4.39 Å². The molecule has 0 saturated carbocycles. The molecule has 0 aliphatic carbocycles. The average molecular weight is 283 g/mol. The maximum atomic E-state index is 13.4. The van der Waals surface area contributed by atoms with Gasteiger partial charge in [0, 0.05) is 11.6 Å². The molecular formula is C13H18FN3OS. The fraction of sp³-hybridized carbons (Fsp3) is 0.385. The lowest BCUT2D eigenvalue weighted by Gasteiger charge is -2.06. The van der Waals surface area contributed by atoms with E-state index >= 15 is 0 Å². The van der Waals surface area contributed by atoms with Crippen molar-refractivity contribution >= 4 is 23.5 Å². The Hall–Kier alpha value is -1.69. The summed E-state index contributed by atoms with van der Waals surface area (Å²) in [7, 11) is 0. The fourth-order valence-electron chi connectivity index (χ4n) is 1.45. The highest BCUT2D eigenvalue weighted by molar-refractivity contribution is 7.80. The van der Waals surface area contributed by atoms with Crippen molar-refractivity contribution in [1.29, 1.82) is 0 Å². The highest BCUT2D eigenvalue weighted by atomic mass is 32.1. The summed E-state index contributed by atoms with van der Waals surface area (Å²) < 4.78 is 18.9. The zero-order valence-corrected chi connectivity index (χ0v) is 11.7. The van der Waals surface area contributed by atoms with Crippen LogP contribution in [0.3, 0.4) is 0 Å². The minimum Gasteiger partial charge on any atom is -0.493 e. The van der Waals surface area contributed by atoms with Crippen LogP contribution in [0.4, 0.5) is 4.39 Å². The molecule has 104 valence electrons. The summed E-state index contributed by atoms with van der Waals surface area (Å²) >= 11 is 4.60.